The number of likely N-dealkylation sites (tertiary alicyclic amines) is 1. The average Bonchev–Trinajstić information content (AvgIpc) is 2.98. The maximum absolute atomic E-state index is 14.1. The maximum atomic E-state index is 14.1. The molecule has 3 aliphatic rings. The van der Waals surface area contributed by atoms with Crippen LogP contribution in [0.1, 0.15) is 66.2 Å². The molecular formula is C29H37F4N5O4. The summed E-state index contributed by atoms with van der Waals surface area (Å²) in [5.74, 6) is 0.131. The topological polar surface area (TPSA) is 97.8 Å². The highest BCUT2D eigenvalue weighted by Crippen LogP contribution is 2.33. The molecule has 3 aliphatic heterocycles. The molecule has 1 amide bonds. The third-order valence-corrected chi connectivity index (χ3v) is 8.14. The number of carbonyl (C=O) groups excluding carboxylic acids is 1. The van der Waals surface area contributed by atoms with Crippen LogP contribution < -0.4 is 15.4 Å². The highest BCUT2D eigenvalue weighted by atomic mass is 19.4. The van der Waals surface area contributed by atoms with Gasteiger partial charge < -0.3 is 29.7 Å². The van der Waals surface area contributed by atoms with Gasteiger partial charge in [-0.2, -0.15) is 0 Å². The van der Waals surface area contributed by atoms with Crippen molar-refractivity contribution in [2.75, 3.05) is 38.2 Å². The maximum Gasteiger partial charge on any atom is 0.573 e. The minimum Gasteiger partial charge on any atom is -0.406 e. The molecule has 1 aromatic carbocycles. The van der Waals surface area contributed by atoms with Gasteiger partial charge in [0.2, 0.25) is 0 Å². The van der Waals surface area contributed by atoms with E-state index in [0.29, 0.717) is 49.7 Å². The Hall–Kier alpha value is -3.03. The Kier molecular flexibility index (Phi) is 9.79. The fourth-order valence-corrected chi connectivity index (χ4v) is 5.83. The first-order valence-corrected chi connectivity index (χ1v) is 14.5. The van der Waals surface area contributed by atoms with E-state index in [-0.39, 0.29) is 42.6 Å². The van der Waals surface area contributed by atoms with Gasteiger partial charge in [0.05, 0.1) is 18.8 Å². The second kappa shape index (κ2) is 13.5. The summed E-state index contributed by atoms with van der Waals surface area (Å²) in [6.07, 6.45) is -0.151. The van der Waals surface area contributed by atoms with Gasteiger partial charge >= 0.3 is 6.36 Å². The van der Waals surface area contributed by atoms with Crippen LogP contribution in [0, 0.1) is 6.92 Å². The Morgan fingerprint density at radius 3 is 2.57 bits per heavy atom. The van der Waals surface area contributed by atoms with E-state index in [1.165, 1.54) is 18.5 Å². The zero-order valence-electron chi connectivity index (χ0n) is 23.5. The molecule has 13 heteroatoms. The number of ether oxygens (including phenoxy) is 3. The number of amides is 1. The van der Waals surface area contributed by atoms with Crippen LogP contribution in [0.3, 0.4) is 0 Å². The summed E-state index contributed by atoms with van der Waals surface area (Å²) in [4.78, 5) is 23.7. The van der Waals surface area contributed by atoms with Gasteiger partial charge in [-0.1, -0.05) is 12.1 Å². The Morgan fingerprint density at radius 2 is 1.86 bits per heavy atom. The number of hydrogen-bond acceptors (Lipinski definition) is 8. The highest BCUT2D eigenvalue weighted by Gasteiger charge is 2.32. The molecule has 1 aromatic heterocycles. The number of hydrogen-bond donors (Lipinski definition) is 2. The van der Waals surface area contributed by atoms with Crippen LogP contribution in [0.5, 0.6) is 5.75 Å². The summed E-state index contributed by atoms with van der Waals surface area (Å²) < 4.78 is 66.9. The molecule has 0 saturated carbocycles. The Labute approximate surface area is 242 Å². The van der Waals surface area contributed by atoms with Gasteiger partial charge in [-0.15, -0.1) is 13.2 Å². The number of anilines is 1. The number of carbonyl (C=O) groups is 1. The van der Waals surface area contributed by atoms with Gasteiger partial charge in [0.25, 0.3) is 5.91 Å². The molecule has 1 unspecified atom stereocenters. The first-order valence-electron chi connectivity index (χ1n) is 14.5. The van der Waals surface area contributed by atoms with E-state index in [1.807, 2.05) is 6.92 Å². The zero-order valence-corrected chi connectivity index (χ0v) is 23.5. The smallest absolute Gasteiger partial charge is 0.406 e. The normalized spacial score (nSPS) is 25.7. The van der Waals surface area contributed by atoms with Crippen molar-refractivity contribution in [3.8, 4) is 5.75 Å². The van der Waals surface area contributed by atoms with E-state index in [2.05, 4.69) is 25.3 Å². The van der Waals surface area contributed by atoms with Crippen LogP contribution in [-0.4, -0.2) is 84.3 Å². The quantitative estimate of drug-likeness (QED) is 0.423. The monoisotopic (exact) mass is 595 g/mol. The third-order valence-electron chi connectivity index (χ3n) is 8.14. The molecule has 2 aromatic rings. The van der Waals surface area contributed by atoms with Crippen molar-refractivity contribution in [2.24, 2.45) is 0 Å². The molecular weight excluding hydrogens is 558 g/mol. The first-order chi connectivity index (χ1) is 20.2. The molecule has 0 aliphatic carbocycles. The lowest BCUT2D eigenvalue weighted by Crippen LogP contribution is -2.52. The van der Waals surface area contributed by atoms with Crippen molar-refractivity contribution >= 4 is 11.7 Å². The molecule has 9 nitrogen and oxygen atoms in total. The lowest BCUT2D eigenvalue weighted by molar-refractivity contribution is -0.274. The molecule has 4 atom stereocenters. The van der Waals surface area contributed by atoms with Crippen LogP contribution in [0.2, 0.25) is 0 Å². The van der Waals surface area contributed by atoms with Crippen LogP contribution in [0.4, 0.5) is 23.4 Å². The highest BCUT2D eigenvalue weighted by molar-refractivity contribution is 5.94. The minimum absolute atomic E-state index is 0.129. The van der Waals surface area contributed by atoms with E-state index in [1.54, 1.807) is 17.0 Å². The lowest BCUT2D eigenvalue weighted by Gasteiger charge is -2.36. The van der Waals surface area contributed by atoms with Crippen molar-refractivity contribution in [3.05, 3.63) is 47.4 Å². The lowest BCUT2D eigenvalue weighted by atomic mass is 9.98. The molecule has 3 fully saturated rings. The molecule has 4 heterocycles. The number of piperidine rings is 1. The fourth-order valence-electron chi connectivity index (χ4n) is 5.83. The zero-order chi connectivity index (χ0) is 29.7. The van der Waals surface area contributed by atoms with E-state index in [9.17, 15) is 22.4 Å². The minimum atomic E-state index is -4.73. The van der Waals surface area contributed by atoms with Gasteiger partial charge in [-0.25, -0.2) is 14.4 Å². The Morgan fingerprint density at radius 1 is 1.10 bits per heavy atom. The summed E-state index contributed by atoms with van der Waals surface area (Å²) in [5.41, 5.74) is 1.78. The summed E-state index contributed by atoms with van der Waals surface area (Å²) in [7, 11) is 0. The Bertz CT molecular complexity index is 1190. The van der Waals surface area contributed by atoms with Crippen LogP contribution in [0.15, 0.2) is 30.6 Å². The van der Waals surface area contributed by atoms with Crippen molar-refractivity contribution in [2.45, 2.75) is 82.3 Å². The van der Waals surface area contributed by atoms with Crippen LogP contribution in [-0.2, 0) is 9.47 Å². The molecule has 0 bridgehead atoms. The molecule has 2 N–H and O–H groups in total. The number of halogens is 4. The molecule has 0 spiro atoms. The second-order valence-electron chi connectivity index (χ2n) is 11.1. The van der Waals surface area contributed by atoms with Crippen molar-refractivity contribution in [3.63, 3.8) is 0 Å². The van der Waals surface area contributed by atoms with Crippen molar-refractivity contribution in [1.82, 2.24) is 20.2 Å². The van der Waals surface area contributed by atoms with Gasteiger partial charge in [0.1, 0.15) is 29.8 Å². The number of rotatable bonds is 8. The average molecular weight is 596 g/mol. The van der Waals surface area contributed by atoms with Crippen molar-refractivity contribution in [1.29, 1.82) is 0 Å². The van der Waals surface area contributed by atoms with Gasteiger partial charge in [-0.05, 0) is 63.1 Å². The second-order valence-corrected chi connectivity index (χ2v) is 11.1. The molecule has 0 radical (unpaired) electrons. The number of benzene rings is 1. The summed E-state index contributed by atoms with van der Waals surface area (Å²) >= 11 is 0. The summed E-state index contributed by atoms with van der Waals surface area (Å²) in [6, 6.07) is 5.73. The predicted molar refractivity (Wildman–Crippen MR) is 146 cm³/mol. The number of nitrogens with zero attached hydrogens (tertiary/aromatic N) is 3. The van der Waals surface area contributed by atoms with Gasteiger partial charge in [-0.3, -0.25) is 4.79 Å². The van der Waals surface area contributed by atoms with E-state index < -0.39 is 12.5 Å². The first kappa shape index (κ1) is 30.4. The van der Waals surface area contributed by atoms with Crippen LogP contribution in [0.25, 0.3) is 0 Å². The molecule has 230 valence electrons. The third kappa shape index (κ3) is 7.87. The fraction of sp³-hybridized carbons (Fsp3) is 0.621. The predicted octanol–water partition coefficient (Wildman–Crippen LogP) is 4.73. The largest absolute Gasteiger partial charge is 0.573 e. The number of alkyl halides is 4. The van der Waals surface area contributed by atoms with E-state index in [0.717, 1.165) is 37.7 Å². The number of nitrogens with one attached hydrogen (secondary N) is 2. The molecule has 3 saturated heterocycles. The van der Waals surface area contributed by atoms with Gasteiger partial charge in [0.15, 0.2) is 0 Å². The Balaban J connectivity index is 1.12. The molecule has 42 heavy (non-hydrogen) atoms. The van der Waals surface area contributed by atoms with E-state index in [4.69, 9.17) is 9.47 Å². The summed E-state index contributed by atoms with van der Waals surface area (Å²) in [5, 5.41) is 6.71. The van der Waals surface area contributed by atoms with Gasteiger partial charge in [0, 0.05) is 43.9 Å². The van der Waals surface area contributed by atoms with E-state index >= 15 is 0 Å². The van der Waals surface area contributed by atoms with Crippen molar-refractivity contribution < 1.29 is 36.6 Å². The summed E-state index contributed by atoms with van der Waals surface area (Å²) in [6.45, 7) is 4.07. The standard InChI is InChI=1S/C29H37F4N5O4/c1-18-26(28(39)38-12-9-20(10-13-38)37-24-11-14-40-16-23(24)30)35-17-36-27(18)34-15-22-3-2-4-25(41-22)19-5-7-21(8-6-19)42-29(31,32)33/h5-8,17,20,22-25,37H,2-4,9-16H2,1H3,(H,34,35,36)/t22?,23-,24+,25-/m0/s1. The number of aromatic nitrogens is 2. The van der Waals surface area contributed by atoms with Crippen LogP contribution >= 0.6 is 0 Å². The molecule has 5 rings (SSSR count). The SMILES string of the molecule is Cc1c(NCC2CCC[C@@H](c3ccc(OC(F)(F)F)cc3)O2)ncnc1C(=O)N1CCC(N[C@@H]2CCOC[C@@H]2F)CC1.